The van der Waals surface area contributed by atoms with Crippen LogP contribution in [0, 0.1) is 11.3 Å². The molecule has 0 heterocycles. The molecule has 0 bridgehead atoms. The van der Waals surface area contributed by atoms with Gasteiger partial charge in [-0.25, -0.2) is 0 Å². The van der Waals surface area contributed by atoms with E-state index < -0.39 is 0 Å². The Morgan fingerprint density at radius 3 is 2.38 bits per heavy atom. The first-order chi connectivity index (χ1) is 7.58. The molecular weight excluding hydrogens is 216 g/mol. The third-order valence-corrected chi connectivity index (χ3v) is 4.00. The van der Waals surface area contributed by atoms with Crippen LogP contribution in [0.3, 0.4) is 0 Å². The first-order valence-electron chi connectivity index (χ1n) is 6.60. The lowest BCUT2D eigenvalue weighted by atomic mass is 9.83. The molecule has 1 aliphatic rings. The fourth-order valence-electron chi connectivity index (χ4n) is 2.41. The van der Waals surface area contributed by atoms with Gasteiger partial charge in [0.15, 0.2) is 5.11 Å². The van der Waals surface area contributed by atoms with Crippen molar-refractivity contribution in [1.82, 2.24) is 10.6 Å². The Morgan fingerprint density at radius 2 is 1.88 bits per heavy atom. The Morgan fingerprint density at radius 1 is 1.25 bits per heavy atom. The molecule has 94 valence electrons. The molecule has 0 amide bonds. The minimum atomic E-state index is 0.517. The molecule has 0 aliphatic heterocycles. The van der Waals surface area contributed by atoms with Crippen molar-refractivity contribution in [1.29, 1.82) is 0 Å². The van der Waals surface area contributed by atoms with Crippen LogP contribution < -0.4 is 10.6 Å². The van der Waals surface area contributed by atoms with E-state index in [0.717, 1.165) is 18.2 Å². The first-order valence-corrected chi connectivity index (χ1v) is 7.00. The number of nitrogens with one attached hydrogen (secondary N) is 2. The number of thiocarbonyl (C=S) groups is 1. The minimum Gasteiger partial charge on any atom is -0.362 e. The highest BCUT2D eigenvalue weighted by molar-refractivity contribution is 7.80. The second-order valence-electron chi connectivity index (χ2n) is 5.52. The van der Waals surface area contributed by atoms with Crippen molar-refractivity contribution in [3.05, 3.63) is 0 Å². The Kier molecular flexibility index (Phi) is 5.53. The zero-order valence-corrected chi connectivity index (χ0v) is 11.8. The van der Waals surface area contributed by atoms with Crippen molar-refractivity contribution in [2.75, 3.05) is 13.1 Å². The van der Waals surface area contributed by atoms with E-state index in [4.69, 9.17) is 12.2 Å². The molecule has 0 unspecified atom stereocenters. The zero-order chi connectivity index (χ0) is 12.0. The van der Waals surface area contributed by atoms with Gasteiger partial charge in [-0.05, 0) is 42.8 Å². The summed E-state index contributed by atoms with van der Waals surface area (Å²) in [6.45, 7) is 8.70. The van der Waals surface area contributed by atoms with E-state index in [1.165, 1.54) is 32.1 Å². The highest BCUT2D eigenvalue weighted by Gasteiger charge is 2.31. The molecule has 1 saturated carbocycles. The van der Waals surface area contributed by atoms with Crippen LogP contribution in [-0.2, 0) is 0 Å². The molecule has 2 N–H and O–H groups in total. The molecule has 3 heteroatoms. The summed E-state index contributed by atoms with van der Waals surface area (Å²) >= 11 is 5.28. The highest BCUT2D eigenvalue weighted by Crippen LogP contribution is 2.40. The van der Waals surface area contributed by atoms with E-state index in [-0.39, 0.29) is 0 Å². The summed E-state index contributed by atoms with van der Waals surface area (Å²) < 4.78 is 0. The van der Waals surface area contributed by atoms with Gasteiger partial charge < -0.3 is 10.6 Å². The smallest absolute Gasteiger partial charge is 0.166 e. The van der Waals surface area contributed by atoms with E-state index in [1.54, 1.807) is 0 Å². The molecule has 16 heavy (non-hydrogen) atoms. The van der Waals surface area contributed by atoms with Gasteiger partial charge in [0.05, 0.1) is 0 Å². The lowest BCUT2D eigenvalue weighted by molar-refractivity contribution is 0.284. The minimum absolute atomic E-state index is 0.517. The second kappa shape index (κ2) is 6.43. The normalized spacial score (nSPS) is 18.8. The van der Waals surface area contributed by atoms with Crippen LogP contribution in [0.25, 0.3) is 0 Å². The second-order valence-corrected chi connectivity index (χ2v) is 5.93. The molecule has 0 spiro atoms. The average Bonchev–Trinajstić information content (AvgIpc) is 2.73. The third kappa shape index (κ3) is 4.28. The van der Waals surface area contributed by atoms with Crippen LogP contribution in [0.1, 0.15) is 52.9 Å². The monoisotopic (exact) mass is 242 g/mol. The number of hydrogen-bond acceptors (Lipinski definition) is 1. The fraction of sp³-hybridized carbons (Fsp3) is 0.923. The van der Waals surface area contributed by atoms with Gasteiger partial charge in [0.25, 0.3) is 0 Å². The van der Waals surface area contributed by atoms with E-state index in [2.05, 4.69) is 31.4 Å². The highest BCUT2D eigenvalue weighted by atomic mass is 32.1. The maximum absolute atomic E-state index is 5.28. The predicted molar refractivity (Wildman–Crippen MR) is 74.6 cm³/mol. The SMILES string of the molecule is CCC1(CNC(=S)NCC(C)C)CCCC1. The topological polar surface area (TPSA) is 24.1 Å². The summed E-state index contributed by atoms with van der Waals surface area (Å²) in [4.78, 5) is 0. The van der Waals surface area contributed by atoms with Gasteiger partial charge in [-0.1, -0.05) is 33.6 Å². The van der Waals surface area contributed by atoms with Crippen molar-refractivity contribution in [2.24, 2.45) is 11.3 Å². The van der Waals surface area contributed by atoms with Crippen molar-refractivity contribution in [3.8, 4) is 0 Å². The van der Waals surface area contributed by atoms with Crippen LogP contribution in [0.4, 0.5) is 0 Å². The lowest BCUT2D eigenvalue weighted by Gasteiger charge is -2.28. The van der Waals surface area contributed by atoms with Gasteiger partial charge in [0, 0.05) is 13.1 Å². The summed E-state index contributed by atoms with van der Waals surface area (Å²) in [5.74, 6) is 0.645. The average molecular weight is 242 g/mol. The quantitative estimate of drug-likeness (QED) is 0.725. The molecule has 2 nitrogen and oxygen atoms in total. The summed E-state index contributed by atoms with van der Waals surface area (Å²) in [6, 6.07) is 0. The van der Waals surface area contributed by atoms with Gasteiger partial charge in [0.1, 0.15) is 0 Å². The van der Waals surface area contributed by atoms with Gasteiger partial charge >= 0.3 is 0 Å². The molecule has 1 aliphatic carbocycles. The number of hydrogen-bond donors (Lipinski definition) is 2. The van der Waals surface area contributed by atoms with E-state index in [9.17, 15) is 0 Å². The van der Waals surface area contributed by atoms with Crippen LogP contribution in [0.2, 0.25) is 0 Å². The van der Waals surface area contributed by atoms with Gasteiger partial charge in [0.2, 0.25) is 0 Å². The lowest BCUT2D eigenvalue weighted by Crippen LogP contribution is -2.42. The standard InChI is InChI=1S/C13H26N2S/c1-4-13(7-5-6-8-13)10-15-12(16)14-9-11(2)3/h11H,4-10H2,1-3H3,(H2,14,15,16). The summed E-state index contributed by atoms with van der Waals surface area (Å²) in [6.07, 6.45) is 6.78. The molecule has 0 radical (unpaired) electrons. The van der Waals surface area contributed by atoms with Crippen LogP contribution in [-0.4, -0.2) is 18.2 Å². The molecule has 1 fully saturated rings. The van der Waals surface area contributed by atoms with Gasteiger partial charge in [-0.3, -0.25) is 0 Å². The Bertz CT molecular complexity index is 220. The van der Waals surface area contributed by atoms with Crippen molar-refractivity contribution in [3.63, 3.8) is 0 Å². The molecule has 0 saturated heterocycles. The van der Waals surface area contributed by atoms with Crippen molar-refractivity contribution >= 4 is 17.3 Å². The summed E-state index contributed by atoms with van der Waals surface area (Å²) in [5.41, 5.74) is 0.517. The van der Waals surface area contributed by atoms with Crippen molar-refractivity contribution < 1.29 is 0 Å². The molecule has 0 atom stereocenters. The van der Waals surface area contributed by atoms with Crippen LogP contribution in [0.5, 0.6) is 0 Å². The maximum Gasteiger partial charge on any atom is 0.166 e. The molecule has 0 aromatic rings. The summed E-state index contributed by atoms with van der Waals surface area (Å²) in [5, 5.41) is 7.49. The van der Waals surface area contributed by atoms with Crippen LogP contribution in [0.15, 0.2) is 0 Å². The molecule has 0 aromatic heterocycles. The third-order valence-electron chi connectivity index (χ3n) is 3.71. The first kappa shape index (κ1) is 13.8. The van der Waals surface area contributed by atoms with Crippen molar-refractivity contribution in [2.45, 2.75) is 52.9 Å². The van der Waals surface area contributed by atoms with E-state index >= 15 is 0 Å². The molecule has 1 rings (SSSR count). The number of rotatable bonds is 5. The molecule has 0 aromatic carbocycles. The zero-order valence-electron chi connectivity index (χ0n) is 10.9. The predicted octanol–water partition coefficient (Wildman–Crippen LogP) is 3.08. The Balaban J connectivity index is 2.24. The molecular formula is C13H26N2S. The maximum atomic E-state index is 5.28. The Hall–Kier alpha value is -0.310. The van der Waals surface area contributed by atoms with E-state index in [1.807, 2.05) is 0 Å². The van der Waals surface area contributed by atoms with Crippen LogP contribution >= 0.6 is 12.2 Å². The fourth-order valence-corrected chi connectivity index (χ4v) is 2.56. The van der Waals surface area contributed by atoms with Gasteiger partial charge in [-0.15, -0.1) is 0 Å². The Labute approximate surface area is 106 Å². The summed E-state index contributed by atoms with van der Waals surface area (Å²) in [7, 11) is 0. The van der Waals surface area contributed by atoms with E-state index in [0.29, 0.717) is 11.3 Å². The van der Waals surface area contributed by atoms with Gasteiger partial charge in [-0.2, -0.15) is 0 Å². The largest absolute Gasteiger partial charge is 0.362 e.